The first kappa shape index (κ1) is 34.4. The van der Waals surface area contributed by atoms with E-state index in [1.165, 1.54) is 41.3 Å². The second kappa shape index (κ2) is 15.3. The molecule has 1 aliphatic rings. The maximum absolute atomic E-state index is 14.1. The monoisotopic (exact) mass is 737 g/mol. The number of benzene rings is 3. The second-order valence-electron chi connectivity index (χ2n) is 10.2. The molecule has 0 amide bonds. The van der Waals surface area contributed by atoms with E-state index in [0.717, 1.165) is 0 Å². The van der Waals surface area contributed by atoms with E-state index in [2.05, 4.69) is 20.9 Å². The minimum absolute atomic E-state index is 0.0322. The summed E-state index contributed by atoms with van der Waals surface area (Å²) < 4.78 is 30.9. The summed E-state index contributed by atoms with van der Waals surface area (Å²) in [6, 6.07) is 14.2. The molecule has 250 valence electrons. The molecule has 48 heavy (non-hydrogen) atoms. The molecule has 0 aliphatic carbocycles. The smallest absolute Gasteiger partial charge is 0.337 e. The number of hydrogen-bond acceptors (Lipinski definition) is 11. The van der Waals surface area contributed by atoms with Crippen molar-refractivity contribution in [1.29, 1.82) is 0 Å². The summed E-state index contributed by atoms with van der Waals surface area (Å²) in [6.45, 7) is 6.80. The summed E-state index contributed by atoms with van der Waals surface area (Å²) in [5.41, 5.74) is 1.68. The Balaban J connectivity index is 1.55. The molecule has 4 aromatic rings. The lowest BCUT2D eigenvalue weighted by Crippen LogP contribution is -2.39. The largest absolute Gasteiger partial charge is 0.490 e. The maximum atomic E-state index is 14.1. The molecule has 1 aromatic heterocycles. The number of hydrogen-bond donors (Lipinski definition) is 0. The Kier molecular flexibility index (Phi) is 11.0. The van der Waals surface area contributed by atoms with Crippen LogP contribution in [0.4, 0.5) is 5.69 Å². The molecule has 0 fully saturated rings. The number of aromatic nitrogens is 1. The molecule has 0 unspecified atom stereocenters. The van der Waals surface area contributed by atoms with Crippen LogP contribution in [0, 0.1) is 10.1 Å². The first-order valence-corrected chi connectivity index (χ1v) is 16.6. The number of halogens is 1. The highest BCUT2D eigenvalue weighted by Crippen LogP contribution is 2.38. The fraction of sp³-hybridized carbons (Fsp3) is 0.265. The van der Waals surface area contributed by atoms with Crippen LogP contribution in [0.25, 0.3) is 6.08 Å². The van der Waals surface area contributed by atoms with Gasteiger partial charge in [0.15, 0.2) is 27.8 Å². The predicted octanol–water partition coefficient (Wildman–Crippen LogP) is 5.46. The number of rotatable bonds is 13. The summed E-state index contributed by atoms with van der Waals surface area (Å²) in [7, 11) is 1.28. The maximum Gasteiger partial charge on any atom is 0.337 e. The lowest BCUT2D eigenvalue weighted by molar-refractivity contribution is -0.384. The van der Waals surface area contributed by atoms with Crippen molar-refractivity contribution >= 4 is 45.0 Å². The highest BCUT2D eigenvalue weighted by molar-refractivity contribution is 9.10. The summed E-state index contributed by atoms with van der Waals surface area (Å²) in [6.07, 6.45) is 3.14. The van der Waals surface area contributed by atoms with Crippen LogP contribution in [-0.4, -0.2) is 42.4 Å². The normalized spacial score (nSPS) is 14.0. The Hall–Kier alpha value is -4.95. The Bertz CT molecular complexity index is 2070. The molecule has 1 aliphatic heterocycles. The fourth-order valence-corrected chi connectivity index (χ4v) is 6.67. The van der Waals surface area contributed by atoms with Crippen LogP contribution >= 0.6 is 27.3 Å². The van der Waals surface area contributed by atoms with Crippen LogP contribution in [0.5, 0.6) is 23.0 Å². The lowest BCUT2D eigenvalue weighted by Gasteiger charge is -2.23. The molecule has 5 rings (SSSR count). The molecule has 0 spiro atoms. The van der Waals surface area contributed by atoms with Crippen molar-refractivity contribution in [2.24, 2.45) is 4.99 Å². The molecular formula is C34H32BrN3O9S. The summed E-state index contributed by atoms with van der Waals surface area (Å²) in [4.78, 5) is 42.6. The van der Waals surface area contributed by atoms with Crippen LogP contribution in [0.2, 0.25) is 0 Å². The summed E-state index contributed by atoms with van der Waals surface area (Å²) in [5, 5.41) is 11.2. The third-order valence-corrected chi connectivity index (χ3v) is 8.73. The topological polar surface area (TPSA) is 141 Å². The Labute approximate surface area is 287 Å². The van der Waals surface area contributed by atoms with E-state index >= 15 is 0 Å². The predicted molar refractivity (Wildman–Crippen MR) is 183 cm³/mol. The number of non-ortho nitro benzene ring substituents is 1. The van der Waals surface area contributed by atoms with E-state index in [1.807, 2.05) is 20.8 Å². The number of nitro groups is 1. The first-order valence-electron chi connectivity index (χ1n) is 15.0. The SMILES string of the molecule is CCOc1ccc([C@@H]2C(C(=O)OC)=CN=c3s/c(=C\c4cc(Br)c(OCc5cccc([N+](=O)[O-])c5)c(OCC)c4)c(=O)n32)cc1OCC. The van der Waals surface area contributed by atoms with Crippen molar-refractivity contribution in [2.45, 2.75) is 33.4 Å². The van der Waals surface area contributed by atoms with E-state index in [1.54, 1.807) is 48.5 Å². The zero-order valence-corrected chi connectivity index (χ0v) is 29.0. The van der Waals surface area contributed by atoms with Gasteiger partial charge < -0.3 is 23.7 Å². The zero-order valence-electron chi connectivity index (χ0n) is 26.6. The van der Waals surface area contributed by atoms with E-state index < -0.39 is 16.9 Å². The summed E-state index contributed by atoms with van der Waals surface area (Å²) in [5.74, 6) is 1.25. The van der Waals surface area contributed by atoms with Crippen LogP contribution in [0.15, 0.2) is 80.6 Å². The molecule has 0 saturated heterocycles. The number of nitro benzene ring substituents is 1. The molecule has 0 N–H and O–H groups in total. The van der Waals surface area contributed by atoms with E-state index in [4.69, 9.17) is 23.7 Å². The van der Waals surface area contributed by atoms with Gasteiger partial charge in [0.05, 0.1) is 52.5 Å². The van der Waals surface area contributed by atoms with Gasteiger partial charge in [-0.05, 0) is 83.7 Å². The number of thiazole rings is 1. The number of carbonyl (C=O) groups excluding carboxylic acids is 1. The minimum atomic E-state index is -0.832. The van der Waals surface area contributed by atoms with Gasteiger partial charge in [0.25, 0.3) is 11.2 Å². The van der Waals surface area contributed by atoms with Gasteiger partial charge in [-0.2, -0.15) is 0 Å². The molecule has 0 radical (unpaired) electrons. The van der Waals surface area contributed by atoms with E-state index in [-0.39, 0.29) is 23.4 Å². The van der Waals surface area contributed by atoms with Crippen LogP contribution in [0.1, 0.15) is 43.5 Å². The number of ether oxygens (including phenoxy) is 5. The van der Waals surface area contributed by atoms with Crippen molar-refractivity contribution in [3.8, 4) is 23.0 Å². The third kappa shape index (κ3) is 7.29. The van der Waals surface area contributed by atoms with Gasteiger partial charge >= 0.3 is 5.97 Å². The molecular weight excluding hydrogens is 706 g/mol. The first-order chi connectivity index (χ1) is 23.2. The van der Waals surface area contributed by atoms with Gasteiger partial charge in [0.2, 0.25) is 0 Å². The zero-order chi connectivity index (χ0) is 34.4. The molecule has 1 atom stereocenters. The standard InChI is InChI=1S/C34H32BrN3O9S/c1-5-44-26-12-11-22(17-27(26)45-6-2)30-24(33(40)43-4)18-36-34-37(30)32(39)29(48-34)16-21-14-25(35)31(28(15-21)46-7-3)47-19-20-9-8-10-23(13-20)38(41)42/h8-18,30H,5-7,19H2,1-4H3/b29-16-/t30-/m1/s1. The van der Waals surface area contributed by atoms with Crippen LogP contribution in [0.3, 0.4) is 0 Å². The van der Waals surface area contributed by atoms with E-state index in [9.17, 15) is 19.7 Å². The molecule has 14 heteroatoms. The number of esters is 1. The van der Waals surface area contributed by atoms with Gasteiger partial charge in [-0.1, -0.05) is 29.5 Å². The Morgan fingerprint density at radius 2 is 1.73 bits per heavy atom. The van der Waals surface area contributed by atoms with Gasteiger partial charge in [-0.15, -0.1) is 0 Å². The Morgan fingerprint density at radius 3 is 2.44 bits per heavy atom. The number of fused-ring (bicyclic) bond motifs is 1. The van der Waals surface area contributed by atoms with Gasteiger partial charge in [-0.25, -0.2) is 9.79 Å². The van der Waals surface area contributed by atoms with Crippen molar-refractivity contribution in [2.75, 3.05) is 26.9 Å². The molecule has 12 nitrogen and oxygen atoms in total. The van der Waals surface area contributed by atoms with Crippen molar-refractivity contribution < 1.29 is 33.4 Å². The molecule has 3 aromatic carbocycles. The van der Waals surface area contributed by atoms with Gasteiger partial charge in [-0.3, -0.25) is 19.5 Å². The van der Waals surface area contributed by atoms with Crippen LogP contribution < -0.4 is 33.8 Å². The van der Waals surface area contributed by atoms with Crippen molar-refractivity contribution in [1.82, 2.24) is 4.57 Å². The fourth-order valence-electron chi connectivity index (χ4n) is 5.13. The summed E-state index contributed by atoms with van der Waals surface area (Å²) >= 11 is 4.74. The minimum Gasteiger partial charge on any atom is -0.490 e. The molecule has 0 saturated carbocycles. The number of carbonyl (C=O) groups is 1. The highest BCUT2D eigenvalue weighted by atomic mass is 79.9. The highest BCUT2D eigenvalue weighted by Gasteiger charge is 2.31. The second-order valence-corrected chi connectivity index (χ2v) is 12.1. The molecule has 0 bridgehead atoms. The third-order valence-electron chi connectivity index (χ3n) is 7.14. The molecule has 2 heterocycles. The average Bonchev–Trinajstić information content (AvgIpc) is 3.39. The van der Waals surface area contributed by atoms with Crippen molar-refractivity contribution in [3.63, 3.8) is 0 Å². The van der Waals surface area contributed by atoms with Crippen LogP contribution in [-0.2, 0) is 16.1 Å². The van der Waals surface area contributed by atoms with Crippen molar-refractivity contribution in [3.05, 3.63) is 117 Å². The lowest BCUT2D eigenvalue weighted by atomic mass is 9.97. The quantitative estimate of drug-likeness (QED) is 0.0993. The number of methoxy groups -OCH3 is 1. The number of nitrogens with zero attached hydrogens (tertiary/aromatic N) is 3. The van der Waals surface area contributed by atoms with Gasteiger partial charge in [0, 0.05) is 18.3 Å². The van der Waals surface area contributed by atoms with E-state index in [0.29, 0.717) is 73.3 Å². The average molecular weight is 739 g/mol. The van der Waals surface area contributed by atoms with Gasteiger partial charge in [0.1, 0.15) is 6.61 Å². The Morgan fingerprint density at radius 1 is 1.00 bits per heavy atom.